The van der Waals surface area contributed by atoms with Gasteiger partial charge in [0, 0.05) is 56.4 Å². The van der Waals surface area contributed by atoms with Crippen molar-refractivity contribution in [2.24, 2.45) is 0 Å². The summed E-state index contributed by atoms with van der Waals surface area (Å²) in [5.41, 5.74) is 1.70. The number of anilines is 2. The third-order valence-electron chi connectivity index (χ3n) is 5.41. The molecule has 3 aromatic rings. The number of rotatable bonds is 5. The fourth-order valence-corrected chi connectivity index (χ4v) is 3.66. The van der Waals surface area contributed by atoms with Gasteiger partial charge in [-0.15, -0.1) is 0 Å². The Morgan fingerprint density at radius 2 is 1.75 bits per heavy atom. The number of amides is 2. The minimum absolute atomic E-state index is 0.209. The largest absolute Gasteiger partial charge is 0.481 e. The van der Waals surface area contributed by atoms with Crippen LogP contribution in [0, 0.1) is 0 Å². The highest BCUT2D eigenvalue weighted by atomic mass is 16.6. The molecule has 0 aliphatic carbocycles. The van der Waals surface area contributed by atoms with Gasteiger partial charge in [-0.3, -0.25) is 9.78 Å². The number of hydrogen-bond donors (Lipinski definition) is 1. The number of carbonyl (C=O) groups is 2. The van der Waals surface area contributed by atoms with Gasteiger partial charge in [0.25, 0.3) is 5.91 Å². The summed E-state index contributed by atoms with van der Waals surface area (Å²) in [6.07, 6.45) is 6.07. The second-order valence-corrected chi connectivity index (χ2v) is 9.16. The first-order chi connectivity index (χ1) is 17.2. The van der Waals surface area contributed by atoms with Crippen LogP contribution in [0.3, 0.4) is 0 Å². The Labute approximate surface area is 209 Å². The zero-order chi connectivity index (χ0) is 25.7. The highest BCUT2D eigenvalue weighted by Crippen LogP contribution is 2.27. The first-order valence-electron chi connectivity index (χ1n) is 11.6. The average molecular weight is 492 g/mol. The lowest BCUT2D eigenvalue weighted by atomic mass is 10.2. The molecule has 0 bridgehead atoms. The fraction of sp³-hybridized carbons (Fsp3) is 0.360. The van der Waals surface area contributed by atoms with Gasteiger partial charge in [0.2, 0.25) is 5.88 Å². The van der Waals surface area contributed by atoms with Crippen molar-refractivity contribution >= 4 is 23.4 Å². The molecule has 1 saturated heterocycles. The molecule has 1 aliphatic rings. The average Bonchev–Trinajstić information content (AvgIpc) is 2.88. The lowest BCUT2D eigenvalue weighted by molar-refractivity contribution is 0.0240. The molecular weight excluding hydrogens is 462 g/mol. The van der Waals surface area contributed by atoms with E-state index >= 15 is 0 Å². The molecule has 0 spiro atoms. The molecule has 4 heterocycles. The van der Waals surface area contributed by atoms with Crippen molar-refractivity contribution in [2.75, 3.05) is 43.5 Å². The summed E-state index contributed by atoms with van der Waals surface area (Å²) >= 11 is 0. The van der Waals surface area contributed by atoms with Crippen LogP contribution in [0.2, 0.25) is 0 Å². The molecule has 11 heteroatoms. The third-order valence-corrected chi connectivity index (χ3v) is 5.41. The van der Waals surface area contributed by atoms with E-state index in [1.807, 2.05) is 26.8 Å². The molecule has 2 amide bonds. The first-order valence-corrected chi connectivity index (χ1v) is 11.6. The minimum atomic E-state index is -0.540. The number of piperazine rings is 1. The van der Waals surface area contributed by atoms with Crippen molar-refractivity contribution in [2.45, 2.75) is 26.4 Å². The van der Waals surface area contributed by atoms with Crippen molar-refractivity contribution in [3.05, 3.63) is 54.7 Å². The lowest BCUT2D eigenvalue weighted by Crippen LogP contribution is -2.50. The zero-order valence-electron chi connectivity index (χ0n) is 20.8. The molecule has 0 atom stereocenters. The molecule has 4 rings (SSSR count). The SMILES string of the molecule is COc1ccc(-c2nccc(C(=O)Nc3cnccc3N3CCN(C(=O)OC(C)(C)C)CC3)n2)cn1. The maximum atomic E-state index is 13.1. The molecule has 1 aliphatic heterocycles. The Morgan fingerprint density at radius 1 is 0.972 bits per heavy atom. The Kier molecular flexibility index (Phi) is 7.28. The quantitative estimate of drug-likeness (QED) is 0.573. The Morgan fingerprint density at radius 3 is 2.42 bits per heavy atom. The van der Waals surface area contributed by atoms with Crippen molar-refractivity contribution in [1.29, 1.82) is 0 Å². The number of nitrogens with zero attached hydrogens (tertiary/aromatic N) is 6. The van der Waals surface area contributed by atoms with Crippen LogP contribution in [-0.2, 0) is 4.74 Å². The number of aromatic nitrogens is 4. The standard InChI is InChI=1S/C25H29N7O4/c1-25(2,3)36-24(34)32-13-11-31(12-14-32)20-8-9-26-16-19(20)30-23(33)18-7-10-27-22(29-18)17-5-6-21(35-4)28-15-17/h5-10,15-16H,11-14H2,1-4H3,(H,30,33). The second-order valence-electron chi connectivity index (χ2n) is 9.16. The number of methoxy groups -OCH3 is 1. The maximum Gasteiger partial charge on any atom is 0.410 e. The van der Waals surface area contributed by atoms with Crippen LogP contribution in [0.1, 0.15) is 31.3 Å². The molecule has 188 valence electrons. The van der Waals surface area contributed by atoms with Gasteiger partial charge in [0.15, 0.2) is 5.82 Å². The molecule has 0 saturated carbocycles. The van der Waals surface area contributed by atoms with Gasteiger partial charge < -0.3 is 24.6 Å². The van der Waals surface area contributed by atoms with Crippen LogP contribution in [0.15, 0.2) is 49.1 Å². The van der Waals surface area contributed by atoms with Gasteiger partial charge in [-0.2, -0.15) is 0 Å². The first kappa shape index (κ1) is 24.8. The van der Waals surface area contributed by atoms with Crippen molar-refractivity contribution in [3.8, 4) is 17.3 Å². The second kappa shape index (κ2) is 10.5. The van der Waals surface area contributed by atoms with E-state index in [4.69, 9.17) is 9.47 Å². The Balaban J connectivity index is 1.44. The summed E-state index contributed by atoms with van der Waals surface area (Å²) in [5.74, 6) is 0.466. The molecule has 3 aromatic heterocycles. The molecule has 1 N–H and O–H groups in total. The van der Waals surface area contributed by atoms with Gasteiger partial charge in [0.1, 0.15) is 11.3 Å². The number of nitrogens with one attached hydrogen (secondary N) is 1. The van der Waals surface area contributed by atoms with E-state index < -0.39 is 5.60 Å². The third kappa shape index (κ3) is 6.04. The summed E-state index contributed by atoms with van der Waals surface area (Å²) in [4.78, 5) is 46.2. The summed E-state index contributed by atoms with van der Waals surface area (Å²) < 4.78 is 10.6. The van der Waals surface area contributed by atoms with Crippen molar-refractivity contribution in [3.63, 3.8) is 0 Å². The van der Waals surface area contributed by atoms with E-state index in [0.717, 1.165) is 5.69 Å². The predicted molar refractivity (Wildman–Crippen MR) is 134 cm³/mol. The van der Waals surface area contributed by atoms with Crippen molar-refractivity contribution in [1.82, 2.24) is 24.8 Å². The van der Waals surface area contributed by atoms with E-state index in [1.165, 1.54) is 13.3 Å². The predicted octanol–water partition coefficient (Wildman–Crippen LogP) is 3.25. The van der Waals surface area contributed by atoms with Crippen LogP contribution in [0.5, 0.6) is 5.88 Å². The van der Waals surface area contributed by atoms with Crippen LogP contribution < -0.4 is 15.0 Å². The van der Waals surface area contributed by atoms with E-state index in [-0.39, 0.29) is 17.7 Å². The molecular formula is C25H29N7O4. The topological polar surface area (TPSA) is 123 Å². The number of pyridine rings is 2. The van der Waals surface area contributed by atoms with E-state index in [1.54, 1.807) is 41.7 Å². The van der Waals surface area contributed by atoms with Crippen LogP contribution >= 0.6 is 0 Å². The fourth-order valence-electron chi connectivity index (χ4n) is 3.66. The molecule has 36 heavy (non-hydrogen) atoms. The van der Waals surface area contributed by atoms with Gasteiger partial charge in [-0.05, 0) is 39.0 Å². The highest BCUT2D eigenvalue weighted by Gasteiger charge is 2.27. The smallest absolute Gasteiger partial charge is 0.410 e. The zero-order valence-corrected chi connectivity index (χ0v) is 20.8. The number of carbonyl (C=O) groups excluding carboxylic acids is 2. The molecule has 11 nitrogen and oxygen atoms in total. The van der Waals surface area contributed by atoms with Gasteiger partial charge in [-0.25, -0.2) is 19.7 Å². The van der Waals surface area contributed by atoms with Crippen LogP contribution in [0.4, 0.5) is 16.2 Å². The highest BCUT2D eigenvalue weighted by molar-refractivity contribution is 6.04. The normalized spacial score (nSPS) is 13.8. The lowest BCUT2D eigenvalue weighted by Gasteiger charge is -2.37. The van der Waals surface area contributed by atoms with E-state index in [9.17, 15) is 9.59 Å². The monoisotopic (exact) mass is 491 g/mol. The van der Waals surface area contributed by atoms with E-state index in [0.29, 0.717) is 49.1 Å². The number of hydrogen-bond acceptors (Lipinski definition) is 9. The van der Waals surface area contributed by atoms with Gasteiger partial charge >= 0.3 is 6.09 Å². The summed E-state index contributed by atoms with van der Waals surface area (Å²) in [6, 6.07) is 6.87. The molecule has 0 unspecified atom stereocenters. The summed E-state index contributed by atoms with van der Waals surface area (Å²) in [5, 5.41) is 2.91. The molecule has 1 fully saturated rings. The Hall–Kier alpha value is -4.28. The van der Waals surface area contributed by atoms with Crippen LogP contribution in [0.25, 0.3) is 11.4 Å². The van der Waals surface area contributed by atoms with Gasteiger partial charge in [0.05, 0.1) is 24.7 Å². The Bertz CT molecular complexity index is 1220. The van der Waals surface area contributed by atoms with Gasteiger partial charge in [-0.1, -0.05) is 0 Å². The minimum Gasteiger partial charge on any atom is -0.481 e. The molecule has 0 aromatic carbocycles. The summed E-state index contributed by atoms with van der Waals surface area (Å²) in [7, 11) is 1.54. The summed E-state index contributed by atoms with van der Waals surface area (Å²) in [6.45, 7) is 7.75. The van der Waals surface area contributed by atoms with Crippen LogP contribution in [-0.4, -0.2) is 75.7 Å². The molecule has 0 radical (unpaired) electrons. The van der Waals surface area contributed by atoms with E-state index in [2.05, 4.69) is 30.2 Å². The van der Waals surface area contributed by atoms with Crippen molar-refractivity contribution < 1.29 is 19.1 Å². The number of ether oxygens (including phenoxy) is 2. The maximum absolute atomic E-state index is 13.1.